The Morgan fingerprint density at radius 2 is 0.458 bits per heavy atom. The molecule has 0 bridgehead atoms. The summed E-state index contributed by atoms with van der Waals surface area (Å²) in [6.45, 7) is 6.62. The average molecular weight is 1010 g/mol. The van der Waals surface area contributed by atoms with E-state index >= 15 is 0 Å². The summed E-state index contributed by atoms with van der Waals surface area (Å²) in [7, 11) is 0. The van der Waals surface area contributed by atoms with E-state index in [9.17, 15) is 14.4 Å². The van der Waals surface area contributed by atoms with Crippen LogP contribution in [0.1, 0.15) is 361 Å². The number of esters is 3. The third kappa shape index (κ3) is 58.8. The highest BCUT2D eigenvalue weighted by Gasteiger charge is 2.19. The van der Waals surface area contributed by atoms with Gasteiger partial charge in [-0.3, -0.25) is 14.4 Å². The van der Waals surface area contributed by atoms with Crippen LogP contribution in [0.25, 0.3) is 0 Å². The molecule has 0 amide bonds. The topological polar surface area (TPSA) is 78.9 Å². The van der Waals surface area contributed by atoms with E-state index < -0.39 is 6.10 Å². The third-order valence-corrected chi connectivity index (χ3v) is 14.7. The van der Waals surface area contributed by atoms with Crippen LogP contribution in [-0.4, -0.2) is 37.2 Å². The maximum atomic E-state index is 12.8. The van der Waals surface area contributed by atoms with E-state index in [2.05, 4.69) is 45.1 Å². The zero-order valence-electron chi connectivity index (χ0n) is 48.7. The summed E-state index contributed by atoms with van der Waals surface area (Å²) >= 11 is 0. The molecule has 0 saturated heterocycles. The largest absolute Gasteiger partial charge is 0.462 e. The van der Waals surface area contributed by atoms with Gasteiger partial charge in [-0.05, 0) is 70.6 Å². The van der Waals surface area contributed by atoms with Crippen LogP contribution >= 0.6 is 0 Å². The summed E-state index contributed by atoms with van der Waals surface area (Å²) in [4.78, 5) is 37.9. The van der Waals surface area contributed by atoms with E-state index in [1.54, 1.807) is 0 Å². The van der Waals surface area contributed by atoms with E-state index in [-0.39, 0.29) is 31.1 Å². The molecule has 0 aromatic carbocycles. The number of rotatable bonds is 60. The molecule has 1 unspecified atom stereocenters. The maximum absolute atomic E-state index is 12.8. The first-order valence-corrected chi connectivity index (χ1v) is 32.3. The maximum Gasteiger partial charge on any atom is 0.306 e. The smallest absolute Gasteiger partial charge is 0.306 e. The molecule has 0 aliphatic carbocycles. The molecule has 1 atom stereocenters. The Bertz CT molecular complexity index is 1160. The quantitative estimate of drug-likeness (QED) is 0.0261. The van der Waals surface area contributed by atoms with Gasteiger partial charge in [-0.15, -0.1) is 0 Å². The van der Waals surface area contributed by atoms with Crippen molar-refractivity contribution in [2.24, 2.45) is 0 Å². The molecule has 0 radical (unpaired) electrons. The molecule has 0 fully saturated rings. The molecule has 0 rings (SSSR count). The lowest BCUT2D eigenvalue weighted by atomic mass is 10.0. The van der Waals surface area contributed by atoms with E-state index in [4.69, 9.17) is 14.2 Å². The van der Waals surface area contributed by atoms with E-state index in [0.29, 0.717) is 19.3 Å². The minimum absolute atomic E-state index is 0.0699. The summed E-state index contributed by atoms with van der Waals surface area (Å²) in [5, 5.41) is 0. The highest BCUT2D eigenvalue weighted by molar-refractivity contribution is 5.71. The summed E-state index contributed by atoms with van der Waals surface area (Å²) < 4.78 is 16.8. The van der Waals surface area contributed by atoms with Crippen LogP contribution in [-0.2, 0) is 28.6 Å². The van der Waals surface area contributed by atoms with Crippen molar-refractivity contribution in [1.82, 2.24) is 0 Å². The number of hydrogen-bond donors (Lipinski definition) is 0. The highest BCUT2D eigenvalue weighted by atomic mass is 16.6. The number of ether oxygens (including phenoxy) is 3. The summed E-state index contributed by atoms with van der Waals surface area (Å²) in [5.74, 6) is -0.868. The van der Waals surface area contributed by atoms with Crippen molar-refractivity contribution in [3.8, 4) is 0 Å². The van der Waals surface area contributed by atoms with Crippen molar-refractivity contribution >= 4 is 17.9 Å². The molecule has 0 N–H and O–H groups in total. The normalized spacial score (nSPS) is 12.1. The van der Waals surface area contributed by atoms with Crippen LogP contribution in [0.3, 0.4) is 0 Å². The van der Waals surface area contributed by atoms with Gasteiger partial charge in [0.15, 0.2) is 6.10 Å². The molecule has 0 aromatic rings. The van der Waals surface area contributed by atoms with Gasteiger partial charge in [0.2, 0.25) is 0 Å². The fraction of sp³-hybridized carbons (Fsp3) is 0.894. The summed E-state index contributed by atoms with van der Waals surface area (Å²) in [6.07, 6.45) is 73.9. The van der Waals surface area contributed by atoms with Crippen molar-refractivity contribution in [2.75, 3.05) is 13.2 Å². The lowest BCUT2D eigenvalue weighted by molar-refractivity contribution is -0.167. The summed E-state index contributed by atoms with van der Waals surface area (Å²) in [6, 6.07) is 0. The Morgan fingerprint density at radius 3 is 0.694 bits per heavy atom. The number of hydrogen-bond acceptors (Lipinski definition) is 6. The van der Waals surface area contributed by atoms with Crippen molar-refractivity contribution in [3.05, 3.63) is 24.3 Å². The molecule has 6 nitrogen and oxygen atoms in total. The number of allylic oxidation sites excluding steroid dienone is 4. The standard InChI is InChI=1S/C66H124O6/c1-4-7-10-13-16-18-20-22-24-25-26-27-28-29-30-31-32-33-34-35-36-37-38-39-40-41-43-44-46-48-50-53-56-59-65(68)71-62-63(61-70-64(67)58-55-52-15-12-9-6-3)72-66(69)60-57-54-51-49-47-45-42-23-21-19-17-14-11-8-5-2/h23,25-26,42,63H,4-22,24,27-41,43-62H2,1-3H3/b26-25-,42-23-. The molecule has 72 heavy (non-hydrogen) atoms. The predicted molar refractivity (Wildman–Crippen MR) is 312 cm³/mol. The van der Waals surface area contributed by atoms with Gasteiger partial charge in [0.05, 0.1) is 0 Å². The van der Waals surface area contributed by atoms with Crippen molar-refractivity contribution in [2.45, 2.75) is 367 Å². The second kappa shape index (κ2) is 61.4. The van der Waals surface area contributed by atoms with Crippen LogP contribution in [0.5, 0.6) is 0 Å². The molecule has 0 aliphatic rings. The molecule has 0 saturated carbocycles. The highest BCUT2D eigenvalue weighted by Crippen LogP contribution is 2.18. The number of carbonyl (C=O) groups excluding carboxylic acids is 3. The van der Waals surface area contributed by atoms with Gasteiger partial charge in [0.1, 0.15) is 13.2 Å². The van der Waals surface area contributed by atoms with Gasteiger partial charge in [-0.2, -0.15) is 0 Å². The first-order chi connectivity index (χ1) is 35.5. The van der Waals surface area contributed by atoms with Gasteiger partial charge in [-0.1, -0.05) is 295 Å². The molecule has 0 spiro atoms. The van der Waals surface area contributed by atoms with E-state index in [0.717, 1.165) is 64.2 Å². The van der Waals surface area contributed by atoms with Gasteiger partial charge >= 0.3 is 17.9 Å². The SMILES string of the molecule is CCCCCCCC/C=C\CCCCCCCC(=O)OC(COC(=O)CCCCCCCC)COC(=O)CCCCCCCCCCCCCCCCCCCCCCC/C=C\CCCCCCCCCC. The van der Waals surface area contributed by atoms with E-state index in [1.807, 2.05) is 0 Å². The zero-order valence-corrected chi connectivity index (χ0v) is 48.7. The fourth-order valence-electron chi connectivity index (χ4n) is 9.79. The Labute approximate surface area is 449 Å². The van der Waals surface area contributed by atoms with Crippen LogP contribution in [0.15, 0.2) is 24.3 Å². The van der Waals surface area contributed by atoms with Gasteiger partial charge in [-0.25, -0.2) is 0 Å². The lowest BCUT2D eigenvalue weighted by Gasteiger charge is -2.18. The minimum atomic E-state index is -0.769. The van der Waals surface area contributed by atoms with Crippen LogP contribution in [0.4, 0.5) is 0 Å². The first kappa shape index (κ1) is 69.9. The molecular formula is C66H124O6. The van der Waals surface area contributed by atoms with Gasteiger partial charge in [0, 0.05) is 19.3 Å². The second-order valence-corrected chi connectivity index (χ2v) is 22.0. The molecule has 0 heterocycles. The molecule has 0 aromatic heterocycles. The monoisotopic (exact) mass is 1010 g/mol. The first-order valence-electron chi connectivity index (χ1n) is 32.3. The fourth-order valence-corrected chi connectivity index (χ4v) is 9.79. The van der Waals surface area contributed by atoms with Crippen molar-refractivity contribution < 1.29 is 28.6 Å². The predicted octanol–water partition coefficient (Wildman–Crippen LogP) is 21.8. The van der Waals surface area contributed by atoms with Gasteiger partial charge in [0.25, 0.3) is 0 Å². The van der Waals surface area contributed by atoms with Crippen LogP contribution < -0.4 is 0 Å². The number of carbonyl (C=O) groups is 3. The minimum Gasteiger partial charge on any atom is -0.462 e. The summed E-state index contributed by atoms with van der Waals surface area (Å²) in [5.41, 5.74) is 0. The molecule has 6 heteroatoms. The van der Waals surface area contributed by atoms with Gasteiger partial charge < -0.3 is 14.2 Å². The molecule has 0 aliphatic heterocycles. The van der Waals surface area contributed by atoms with E-state index in [1.165, 1.54) is 257 Å². The number of unbranched alkanes of at least 4 members (excludes halogenated alkanes) is 45. The Balaban J connectivity index is 3.90. The molecule has 424 valence electrons. The molecular weight excluding hydrogens is 889 g/mol. The van der Waals surface area contributed by atoms with Crippen molar-refractivity contribution in [1.29, 1.82) is 0 Å². The van der Waals surface area contributed by atoms with Crippen LogP contribution in [0, 0.1) is 0 Å². The average Bonchev–Trinajstić information content (AvgIpc) is 3.38. The Hall–Kier alpha value is -2.11. The zero-order chi connectivity index (χ0) is 52.2. The third-order valence-electron chi connectivity index (χ3n) is 14.7. The van der Waals surface area contributed by atoms with Crippen LogP contribution in [0.2, 0.25) is 0 Å². The van der Waals surface area contributed by atoms with Crippen molar-refractivity contribution in [3.63, 3.8) is 0 Å². The Kier molecular flexibility index (Phi) is 59.6. The second-order valence-electron chi connectivity index (χ2n) is 22.0. The lowest BCUT2D eigenvalue weighted by Crippen LogP contribution is -2.30. The Morgan fingerprint density at radius 1 is 0.264 bits per heavy atom.